The van der Waals surface area contributed by atoms with Gasteiger partial charge in [-0.3, -0.25) is 4.90 Å². The Labute approximate surface area is 88.8 Å². The highest BCUT2D eigenvalue weighted by molar-refractivity contribution is 4.92. The van der Waals surface area contributed by atoms with E-state index in [9.17, 15) is 0 Å². The van der Waals surface area contributed by atoms with E-state index in [-0.39, 0.29) is 0 Å². The van der Waals surface area contributed by atoms with Crippen molar-refractivity contribution in [1.29, 1.82) is 0 Å². The van der Waals surface area contributed by atoms with Gasteiger partial charge in [0, 0.05) is 19.1 Å². The topological polar surface area (TPSA) is 54.2 Å². The highest BCUT2D eigenvalue weighted by Gasteiger charge is 2.34. The van der Waals surface area contributed by atoms with Gasteiger partial charge in [-0.15, -0.1) is 0 Å². The number of aromatic nitrogens is 2. The molecule has 82 valence electrons. The van der Waals surface area contributed by atoms with Crippen molar-refractivity contribution in [1.82, 2.24) is 20.4 Å². The summed E-state index contributed by atoms with van der Waals surface area (Å²) in [5.41, 5.74) is 0. The van der Waals surface area contributed by atoms with Gasteiger partial charge in [0.2, 0.25) is 5.89 Å². The van der Waals surface area contributed by atoms with Crippen LogP contribution in [-0.4, -0.2) is 40.7 Å². The Balaban J connectivity index is 1.60. The lowest BCUT2D eigenvalue weighted by atomic mass is 9.94. The standard InChI is InChI=1S/C10H16N4O/c1-2-8-4-14(5-9(8)11-3-1)6-10-12-7-13-15-10/h7-9,11H,1-6H2. The van der Waals surface area contributed by atoms with Crippen LogP contribution < -0.4 is 5.32 Å². The minimum Gasteiger partial charge on any atom is -0.338 e. The van der Waals surface area contributed by atoms with Gasteiger partial charge in [0.05, 0.1) is 6.54 Å². The van der Waals surface area contributed by atoms with E-state index in [0.717, 1.165) is 24.9 Å². The van der Waals surface area contributed by atoms with Crippen molar-refractivity contribution in [3.05, 3.63) is 12.2 Å². The number of fused-ring (bicyclic) bond motifs is 1. The molecule has 2 saturated heterocycles. The molecule has 2 aliphatic heterocycles. The molecule has 2 aliphatic rings. The second-order valence-electron chi connectivity index (χ2n) is 4.49. The maximum atomic E-state index is 5.03. The molecule has 3 heterocycles. The van der Waals surface area contributed by atoms with Gasteiger partial charge in [-0.25, -0.2) is 0 Å². The Hall–Kier alpha value is -0.940. The van der Waals surface area contributed by atoms with Gasteiger partial charge in [0.15, 0.2) is 6.33 Å². The Morgan fingerprint density at radius 2 is 2.53 bits per heavy atom. The molecule has 0 saturated carbocycles. The summed E-state index contributed by atoms with van der Waals surface area (Å²) < 4.78 is 5.03. The van der Waals surface area contributed by atoms with Crippen molar-refractivity contribution in [3.8, 4) is 0 Å². The van der Waals surface area contributed by atoms with E-state index in [4.69, 9.17) is 4.52 Å². The van der Waals surface area contributed by atoms with Crippen LogP contribution in [0, 0.1) is 5.92 Å². The molecule has 5 heteroatoms. The molecule has 2 unspecified atom stereocenters. The normalized spacial score (nSPS) is 31.7. The number of nitrogens with zero attached hydrogens (tertiary/aromatic N) is 3. The zero-order chi connectivity index (χ0) is 10.1. The van der Waals surface area contributed by atoms with Crippen LogP contribution in [0.4, 0.5) is 0 Å². The number of piperidine rings is 1. The smallest absolute Gasteiger partial charge is 0.240 e. The summed E-state index contributed by atoms with van der Waals surface area (Å²) in [6, 6.07) is 0.682. The van der Waals surface area contributed by atoms with Crippen LogP contribution in [0.3, 0.4) is 0 Å². The van der Waals surface area contributed by atoms with Crippen molar-refractivity contribution < 1.29 is 4.52 Å². The SMILES string of the molecule is c1noc(CN2CC3CCCNC3C2)n1. The van der Waals surface area contributed by atoms with Crippen molar-refractivity contribution >= 4 is 0 Å². The fourth-order valence-electron chi connectivity index (χ4n) is 2.72. The third kappa shape index (κ3) is 1.89. The van der Waals surface area contributed by atoms with Gasteiger partial charge < -0.3 is 9.84 Å². The molecular weight excluding hydrogens is 192 g/mol. The molecule has 2 atom stereocenters. The lowest BCUT2D eigenvalue weighted by Gasteiger charge is -2.24. The number of hydrogen-bond acceptors (Lipinski definition) is 5. The summed E-state index contributed by atoms with van der Waals surface area (Å²) in [7, 11) is 0. The molecule has 0 aliphatic carbocycles. The van der Waals surface area contributed by atoms with Gasteiger partial charge in [-0.05, 0) is 25.3 Å². The van der Waals surface area contributed by atoms with E-state index in [1.807, 2.05) is 0 Å². The average molecular weight is 208 g/mol. The zero-order valence-electron chi connectivity index (χ0n) is 8.72. The molecule has 1 aromatic heterocycles. The third-order valence-electron chi connectivity index (χ3n) is 3.44. The number of nitrogens with one attached hydrogen (secondary N) is 1. The molecule has 2 fully saturated rings. The Morgan fingerprint density at radius 1 is 1.53 bits per heavy atom. The molecule has 1 N–H and O–H groups in total. The Morgan fingerprint density at radius 3 is 3.33 bits per heavy atom. The van der Waals surface area contributed by atoms with Crippen LogP contribution >= 0.6 is 0 Å². The maximum absolute atomic E-state index is 5.03. The molecule has 0 amide bonds. The molecule has 0 bridgehead atoms. The molecule has 0 radical (unpaired) electrons. The highest BCUT2D eigenvalue weighted by atomic mass is 16.5. The van der Waals surface area contributed by atoms with Crippen LogP contribution in [-0.2, 0) is 6.54 Å². The van der Waals surface area contributed by atoms with Crippen LogP contribution in [0.1, 0.15) is 18.7 Å². The lowest BCUT2D eigenvalue weighted by Crippen LogP contribution is -2.40. The fourth-order valence-corrected chi connectivity index (χ4v) is 2.72. The van der Waals surface area contributed by atoms with E-state index in [2.05, 4.69) is 20.4 Å². The van der Waals surface area contributed by atoms with E-state index in [1.165, 1.54) is 32.3 Å². The first kappa shape index (κ1) is 9.30. The predicted octanol–water partition coefficient (Wildman–Crippen LogP) is 0.253. The minimum absolute atomic E-state index is 0.682. The van der Waals surface area contributed by atoms with Crippen molar-refractivity contribution in [3.63, 3.8) is 0 Å². The first-order valence-corrected chi connectivity index (χ1v) is 5.63. The number of likely N-dealkylation sites (tertiary alicyclic amines) is 1. The summed E-state index contributed by atoms with van der Waals surface area (Å²) in [6.07, 6.45) is 4.14. The molecule has 1 aromatic rings. The minimum atomic E-state index is 0.682. The summed E-state index contributed by atoms with van der Waals surface area (Å²) in [6.45, 7) is 4.26. The van der Waals surface area contributed by atoms with Crippen molar-refractivity contribution in [2.45, 2.75) is 25.4 Å². The zero-order valence-corrected chi connectivity index (χ0v) is 8.72. The van der Waals surface area contributed by atoms with Crippen LogP contribution in [0.15, 0.2) is 10.9 Å². The molecule has 15 heavy (non-hydrogen) atoms. The third-order valence-corrected chi connectivity index (χ3v) is 3.44. The van der Waals surface area contributed by atoms with E-state index in [0.29, 0.717) is 6.04 Å². The summed E-state index contributed by atoms with van der Waals surface area (Å²) in [5.74, 6) is 1.55. The average Bonchev–Trinajstić information content (AvgIpc) is 2.86. The number of rotatable bonds is 2. The second kappa shape index (κ2) is 3.90. The van der Waals surface area contributed by atoms with Gasteiger partial charge in [0.1, 0.15) is 0 Å². The second-order valence-corrected chi connectivity index (χ2v) is 4.49. The maximum Gasteiger partial charge on any atom is 0.240 e. The molecular formula is C10H16N4O. The van der Waals surface area contributed by atoms with E-state index >= 15 is 0 Å². The highest BCUT2D eigenvalue weighted by Crippen LogP contribution is 2.25. The predicted molar refractivity (Wildman–Crippen MR) is 54.1 cm³/mol. The van der Waals surface area contributed by atoms with Crippen LogP contribution in [0.5, 0.6) is 0 Å². The largest absolute Gasteiger partial charge is 0.338 e. The molecule has 3 rings (SSSR count). The van der Waals surface area contributed by atoms with Crippen molar-refractivity contribution in [2.24, 2.45) is 5.92 Å². The van der Waals surface area contributed by atoms with E-state index in [1.54, 1.807) is 0 Å². The Bertz CT molecular complexity index is 299. The first-order valence-electron chi connectivity index (χ1n) is 5.63. The quantitative estimate of drug-likeness (QED) is 0.755. The Kier molecular flexibility index (Phi) is 2.42. The fraction of sp³-hybridized carbons (Fsp3) is 0.800. The van der Waals surface area contributed by atoms with Crippen LogP contribution in [0.2, 0.25) is 0 Å². The lowest BCUT2D eigenvalue weighted by molar-refractivity contribution is 0.259. The van der Waals surface area contributed by atoms with Gasteiger partial charge >= 0.3 is 0 Å². The number of hydrogen-bond donors (Lipinski definition) is 1. The molecule has 0 aromatic carbocycles. The van der Waals surface area contributed by atoms with Crippen molar-refractivity contribution in [2.75, 3.05) is 19.6 Å². The summed E-state index contributed by atoms with van der Waals surface area (Å²) in [5, 5.41) is 7.21. The first-order chi connectivity index (χ1) is 7.42. The molecule has 5 nitrogen and oxygen atoms in total. The van der Waals surface area contributed by atoms with Gasteiger partial charge in [0.25, 0.3) is 0 Å². The van der Waals surface area contributed by atoms with Crippen LogP contribution in [0.25, 0.3) is 0 Å². The summed E-state index contributed by atoms with van der Waals surface area (Å²) >= 11 is 0. The monoisotopic (exact) mass is 208 g/mol. The van der Waals surface area contributed by atoms with Gasteiger partial charge in [-0.2, -0.15) is 4.98 Å². The van der Waals surface area contributed by atoms with Gasteiger partial charge in [-0.1, -0.05) is 5.16 Å². The molecule has 0 spiro atoms. The van der Waals surface area contributed by atoms with E-state index < -0.39 is 0 Å². The summed E-state index contributed by atoms with van der Waals surface area (Å²) in [4.78, 5) is 6.46.